The van der Waals surface area contributed by atoms with Crippen molar-refractivity contribution in [2.24, 2.45) is 0 Å². The Bertz CT molecular complexity index is 907. The minimum atomic E-state index is -0.338. The molecule has 0 atom stereocenters. The quantitative estimate of drug-likeness (QED) is 0.666. The summed E-state index contributed by atoms with van der Waals surface area (Å²) in [5.41, 5.74) is 1.20. The zero-order valence-electron chi connectivity index (χ0n) is 13.6. The topological polar surface area (TPSA) is 80.3 Å². The standard InChI is InChI=1S/C18H17N3O3S/c1-24-11-10-19-17(22)12-6-2-4-8-14(12)20-18(23)16-13-7-3-5-9-15(13)25-21-16/h2-9H,10-11H2,1H3,(H,19,22)(H,20,23). The fourth-order valence-corrected chi connectivity index (χ4v) is 3.16. The van der Waals surface area contributed by atoms with Crippen molar-refractivity contribution >= 4 is 39.1 Å². The van der Waals surface area contributed by atoms with E-state index in [2.05, 4.69) is 15.0 Å². The monoisotopic (exact) mass is 355 g/mol. The molecule has 0 saturated heterocycles. The van der Waals surface area contributed by atoms with E-state index >= 15 is 0 Å². The van der Waals surface area contributed by atoms with Crippen molar-refractivity contribution < 1.29 is 14.3 Å². The van der Waals surface area contributed by atoms with Crippen molar-refractivity contribution in [2.45, 2.75) is 0 Å². The average Bonchev–Trinajstić information content (AvgIpc) is 3.06. The Balaban J connectivity index is 1.81. The molecule has 0 unspecified atom stereocenters. The molecular weight excluding hydrogens is 338 g/mol. The van der Waals surface area contributed by atoms with Crippen LogP contribution in [0.1, 0.15) is 20.8 Å². The first kappa shape index (κ1) is 17.1. The molecule has 3 rings (SSSR count). The van der Waals surface area contributed by atoms with Crippen LogP contribution in [-0.2, 0) is 4.74 Å². The Hall–Kier alpha value is -2.77. The Kier molecular flexibility index (Phi) is 5.37. The zero-order chi connectivity index (χ0) is 17.6. The number of fused-ring (bicyclic) bond motifs is 1. The minimum Gasteiger partial charge on any atom is -0.383 e. The van der Waals surface area contributed by atoms with E-state index in [-0.39, 0.29) is 11.8 Å². The third-order valence-electron chi connectivity index (χ3n) is 3.60. The summed E-state index contributed by atoms with van der Waals surface area (Å²) in [6.45, 7) is 0.819. The van der Waals surface area contributed by atoms with Gasteiger partial charge in [0.05, 0.1) is 22.6 Å². The number of benzene rings is 2. The summed E-state index contributed by atoms with van der Waals surface area (Å²) in [4.78, 5) is 24.9. The van der Waals surface area contributed by atoms with E-state index in [0.29, 0.717) is 30.1 Å². The second-order valence-electron chi connectivity index (χ2n) is 5.28. The molecule has 2 aromatic carbocycles. The fraction of sp³-hybridized carbons (Fsp3) is 0.167. The van der Waals surface area contributed by atoms with Crippen LogP contribution in [0.15, 0.2) is 48.5 Å². The average molecular weight is 355 g/mol. The van der Waals surface area contributed by atoms with Gasteiger partial charge in [0.2, 0.25) is 0 Å². The van der Waals surface area contributed by atoms with Gasteiger partial charge in [-0.1, -0.05) is 30.3 Å². The van der Waals surface area contributed by atoms with Gasteiger partial charge in [-0.25, -0.2) is 0 Å². The molecule has 0 fully saturated rings. The highest BCUT2D eigenvalue weighted by Gasteiger charge is 2.17. The first-order valence-corrected chi connectivity index (χ1v) is 8.50. The van der Waals surface area contributed by atoms with E-state index in [1.54, 1.807) is 31.4 Å². The van der Waals surface area contributed by atoms with E-state index < -0.39 is 0 Å². The van der Waals surface area contributed by atoms with Gasteiger partial charge < -0.3 is 15.4 Å². The van der Waals surface area contributed by atoms with Crippen LogP contribution in [0.5, 0.6) is 0 Å². The number of hydrogen-bond donors (Lipinski definition) is 2. The van der Waals surface area contributed by atoms with E-state index in [9.17, 15) is 9.59 Å². The molecule has 128 valence electrons. The molecule has 7 heteroatoms. The van der Waals surface area contributed by atoms with Gasteiger partial charge in [0, 0.05) is 19.0 Å². The number of rotatable bonds is 6. The molecular formula is C18H17N3O3S. The molecule has 3 aromatic rings. The van der Waals surface area contributed by atoms with Crippen LogP contribution in [0.3, 0.4) is 0 Å². The highest BCUT2D eigenvalue weighted by molar-refractivity contribution is 7.13. The largest absolute Gasteiger partial charge is 0.383 e. The number of aromatic nitrogens is 1. The third-order valence-corrected chi connectivity index (χ3v) is 4.43. The number of carbonyl (C=O) groups is 2. The normalized spacial score (nSPS) is 10.6. The minimum absolute atomic E-state index is 0.268. The van der Waals surface area contributed by atoms with Gasteiger partial charge in [-0.05, 0) is 29.7 Å². The lowest BCUT2D eigenvalue weighted by Crippen LogP contribution is -2.28. The summed E-state index contributed by atoms with van der Waals surface area (Å²) in [7, 11) is 1.57. The van der Waals surface area contributed by atoms with Crippen LogP contribution >= 0.6 is 11.5 Å². The number of amides is 2. The van der Waals surface area contributed by atoms with Crippen LogP contribution < -0.4 is 10.6 Å². The van der Waals surface area contributed by atoms with Gasteiger partial charge in [0.1, 0.15) is 5.69 Å². The second kappa shape index (κ2) is 7.87. The summed E-state index contributed by atoms with van der Waals surface area (Å²) >= 11 is 1.27. The smallest absolute Gasteiger partial charge is 0.276 e. The van der Waals surface area contributed by atoms with Gasteiger partial charge in [-0.3, -0.25) is 9.59 Å². The molecule has 0 radical (unpaired) electrons. The molecule has 0 aliphatic heterocycles. The highest BCUT2D eigenvalue weighted by atomic mass is 32.1. The first-order chi connectivity index (χ1) is 12.2. The van der Waals surface area contributed by atoms with E-state index in [0.717, 1.165) is 10.1 Å². The van der Waals surface area contributed by atoms with Gasteiger partial charge in [-0.15, -0.1) is 0 Å². The lowest BCUT2D eigenvalue weighted by Gasteiger charge is -2.10. The Labute approximate surface area is 149 Å². The predicted octanol–water partition coefficient (Wildman–Crippen LogP) is 2.92. The first-order valence-electron chi connectivity index (χ1n) is 7.72. The maximum Gasteiger partial charge on any atom is 0.276 e. The van der Waals surface area contributed by atoms with Crippen LogP contribution in [0.4, 0.5) is 5.69 Å². The second-order valence-corrected chi connectivity index (χ2v) is 6.08. The number of anilines is 1. The maximum absolute atomic E-state index is 12.6. The Morgan fingerprint density at radius 3 is 2.68 bits per heavy atom. The number of carbonyl (C=O) groups excluding carboxylic acids is 2. The Morgan fingerprint density at radius 1 is 1.08 bits per heavy atom. The number of hydrogen-bond acceptors (Lipinski definition) is 5. The molecule has 2 amide bonds. The lowest BCUT2D eigenvalue weighted by atomic mass is 10.1. The number of para-hydroxylation sites is 1. The van der Waals surface area contributed by atoms with E-state index in [4.69, 9.17) is 4.74 Å². The molecule has 0 bridgehead atoms. The molecule has 2 N–H and O–H groups in total. The van der Waals surface area contributed by atoms with Crippen molar-refractivity contribution in [1.82, 2.24) is 9.69 Å². The zero-order valence-corrected chi connectivity index (χ0v) is 14.4. The molecule has 0 spiro atoms. The summed E-state index contributed by atoms with van der Waals surface area (Å²) in [5.74, 6) is -0.606. The SMILES string of the molecule is COCCNC(=O)c1ccccc1NC(=O)c1nsc2ccccc12. The molecule has 1 aromatic heterocycles. The number of nitrogens with one attached hydrogen (secondary N) is 2. The third kappa shape index (κ3) is 3.84. The van der Waals surface area contributed by atoms with E-state index in [1.165, 1.54) is 11.5 Å². The van der Waals surface area contributed by atoms with Crippen molar-refractivity contribution in [3.63, 3.8) is 0 Å². The molecule has 0 aliphatic carbocycles. The van der Waals surface area contributed by atoms with Crippen molar-refractivity contribution in [3.8, 4) is 0 Å². The van der Waals surface area contributed by atoms with Gasteiger partial charge in [0.25, 0.3) is 11.8 Å². The number of methoxy groups -OCH3 is 1. The van der Waals surface area contributed by atoms with Crippen molar-refractivity contribution in [3.05, 3.63) is 59.8 Å². The number of nitrogens with zero attached hydrogens (tertiary/aromatic N) is 1. The van der Waals surface area contributed by atoms with E-state index in [1.807, 2.05) is 24.3 Å². The summed E-state index contributed by atoms with van der Waals surface area (Å²) in [6.07, 6.45) is 0. The van der Waals surface area contributed by atoms with Gasteiger partial charge >= 0.3 is 0 Å². The highest BCUT2D eigenvalue weighted by Crippen LogP contribution is 2.24. The fourth-order valence-electron chi connectivity index (χ4n) is 2.38. The van der Waals surface area contributed by atoms with Crippen molar-refractivity contribution in [2.75, 3.05) is 25.6 Å². The van der Waals surface area contributed by atoms with Gasteiger partial charge in [0.15, 0.2) is 0 Å². The number of ether oxygens (including phenoxy) is 1. The molecule has 6 nitrogen and oxygen atoms in total. The molecule has 25 heavy (non-hydrogen) atoms. The van der Waals surface area contributed by atoms with Crippen molar-refractivity contribution in [1.29, 1.82) is 0 Å². The van der Waals surface area contributed by atoms with Crippen LogP contribution in [0, 0.1) is 0 Å². The molecule has 0 aliphatic rings. The van der Waals surface area contributed by atoms with Crippen LogP contribution in [-0.4, -0.2) is 36.4 Å². The summed E-state index contributed by atoms with van der Waals surface area (Å²) in [5, 5.41) is 6.34. The van der Waals surface area contributed by atoms with Crippen LogP contribution in [0.25, 0.3) is 10.1 Å². The summed E-state index contributed by atoms with van der Waals surface area (Å²) < 4.78 is 10.1. The van der Waals surface area contributed by atoms with Gasteiger partial charge in [-0.2, -0.15) is 4.37 Å². The lowest BCUT2D eigenvalue weighted by molar-refractivity contribution is 0.0938. The molecule has 1 heterocycles. The molecule has 0 saturated carbocycles. The Morgan fingerprint density at radius 2 is 1.84 bits per heavy atom. The predicted molar refractivity (Wildman–Crippen MR) is 98.2 cm³/mol. The van der Waals surface area contributed by atoms with Crippen LogP contribution in [0.2, 0.25) is 0 Å². The maximum atomic E-state index is 12.6. The summed E-state index contributed by atoms with van der Waals surface area (Å²) in [6, 6.07) is 14.4.